The van der Waals surface area contributed by atoms with Crippen LogP contribution in [0.4, 0.5) is 19.0 Å². The lowest BCUT2D eigenvalue weighted by atomic mass is 10.1. The number of benzene rings is 1. The average Bonchev–Trinajstić information content (AvgIpc) is 2.99. The van der Waals surface area contributed by atoms with Gasteiger partial charge in [-0.05, 0) is 43.7 Å². The maximum Gasteiger partial charge on any atom is 0.417 e. The third kappa shape index (κ3) is 4.95. The van der Waals surface area contributed by atoms with Crippen molar-refractivity contribution < 1.29 is 27.4 Å². The molecule has 0 unspecified atom stereocenters. The lowest BCUT2D eigenvalue weighted by Gasteiger charge is -2.23. The van der Waals surface area contributed by atoms with Gasteiger partial charge in [0.25, 0.3) is 5.91 Å². The van der Waals surface area contributed by atoms with E-state index in [4.69, 9.17) is 9.47 Å². The molecule has 2 heterocycles. The van der Waals surface area contributed by atoms with Crippen LogP contribution in [0.1, 0.15) is 29.3 Å². The number of nitrogens with zero attached hydrogens (tertiary/aromatic N) is 3. The number of carbonyl (C=O) groups excluding carboxylic acids is 1. The molecule has 6 nitrogen and oxygen atoms in total. The van der Waals surface area contributed by atoms with Crippen LogP contribution in [0.2, 0.25) is 0 Å². The number of aromatic nitrogens is 1. The van der Waals surface area contributed by atoms with Crippen molar-refractivity contribution in [1.29, 1.82) is 0 Å². The zero-order chi connectivity index (χ0) is 21.7. The monoisotopic (exact) mass is 423 g/mol. The number of methoxy groups -OCH3 is 1. The summed E-state index contributed by atoms with van der Waals surface area (Å²) in [5.74, 6) is 1.42. The maximum atomic E-state index is 13.0. The number of carbonyl (C=O) groups is 1. The fraction of sp³-hybridized carbons (Fsp3) is 0.429. The molecule has 0 atom stereocenters. The van der Waals surface area contributed by atoms with Crippen molar-refractivity contribution in [2.75, 3.05) is 44.8 Å². The van der Waals surface area contributed by atoms with Crippen LogP contribution in [0, 0.1) is 0 Å². The quantitative estimate of drug-likeness (QED) is 0.731. The Bertz CT molecular complexity index is 872. The van der Waals surface area contributed by atoms with Gasteiger partial charge in [-0.25, -0.2) is 4.98 Å². The number of alkyl halides is 3. The second-order valence-corrected chi connectivity index (χ2v) is 6.83. The molecule has 0 aliphatic carbocycles. The largest absolute Gasteiger partial charge is 0.493 e. The van der Waals surface area contributed by atoms with E-state index in [0.717, 1.165) is 12.3 Å². The summed E-state index contributed by atoms with van der Waals surface area (Å²) in [5.41, 5.74) is -0.275. The summed E-state index contributed by atoms with van der Waals surface area (Å²) in [7, 11) is 1.54. The van der Waals surface area contributed by atoms with E-state index < -0.39 is 11.7 Å². The van der Waals surface area contributed by atoms with Crippen LogP contribution in [0.5, 0.6) is 11.5 Å². The molecule has 1 aliphatic rings. The van der Waals surface area contributed by atoms with E-state index in [2.05, 4.69) is 4.98 Å². The van der Waals surface area contributed by atoms with E-state index in [1.54, 1.807) is 23.1 Å². The van der Waals surface area contributed by atoms with Gasteiger partial charge in [0.2, 0.25) is 0 Å². The minimum Gasteiger partial charge on any atom is -0.493 e. The van der Waals surface area contributed by atoms with Crippen LogP contribution in [0.15, 0.2) is 36.5 Å². The van der Waals surface area contributed by atoms with Crippen LogP contribution in [0.25, 0.3) is 0 Å². The Morgan fingerprint density at radius 2 is 1.90 bits per heavy atom. The first-order chi connectivity index (χ1) is 14.3. The Morgan fingerprint density at radius 1 is 1.10 bits per heavy atom. The predicted molar refractivity (Wildman–Crippen MR) is 106 cm³/mol. The van der Waals surface area contributed by atoms with E-state index in [1.165, 1.54) is 13.2 Å². The van der Waals surface area contributed by atoms with Crippen molar-refractivity contribution in [3.63, 3.8) is 0 Å². The average molecular weight is 423 g/mol. The molecule has 1 saturated heterocycles. The Kier molecular flexibility index (Phi) is 6.69. The molecule has 1 aromatic carbocycles. The highest BCUT2D eigenvalue weighted by Gasteiger charge is 2.31. The summed E-state index contributed by atoms with van der Waals surface area (Å²) >= 11 is 0. The highest BCUT2D eigenvalue weighted by Crippen LogP contribution is 2.30. The van der Waals surface area contributed by atoms with Crippen LogP contribution < -0.4 is 14.4 Å². The molecule has 1 aromatic heterocycles. The van der Waals surface area contributed by atoms with Crippen molar-refractivity contribution in [2.45, 2.75) is 19.5 Å². The number of amides is 1. The second kappa shape index (κ2) is 9.23. The first kappa shape index (κ1) is 21.7. The molecule has 2 aromatic rings. The third-order valence-electron chi connectivity index (χ3n) is 4.89. The van der Waals surface area contributed by atoms with Gasteiger partial charge in [0.1, 0.15) is 5.82 Å². The molecule has 3 rings (SSSR count). The summed E-state index contributed by atoms with van der Waals surface area (Å²) in [6.45, 7) is 4.39. The number of ether oxygens (including phenoxy) is 2. The summed E-state index contributed by atoms with van der Waals surface area (Å²) in [6, 6.07) is 7.48. The number of hydrogen-bond donors (Lipinski definition) is 0. The van der Waals surface area contributed by atoms with Crippen molar-refractivity contribution in [2.24, 2.45) is 0 Å². The zero-order valence-electron chi connectivity index (χ0n) is 16.9. The summed E-state index contributed by atoms with van der Waals surface area (Å²) in [6.07, 6.45) is -2.88. The highest BCUT2D eigenvalue weighted by molar-refractivity contribution is 5.95. The minimum absolute atomic E-state index is 0.124. The molecule has 0 radical (unpaired) electrons. The predicted octanol–water partition coefficient (Wildman–Crippen LogP) is 3.86. The van der Waals surface area contributed by atoms with Gasteiger partial charge in [0, 0.05) is 37.9 Å². The summed E-state index contributed by atoms with van der Waals surface area (Å²) in [5, 5.41) is 0. The van der Waals surface area contributed by atoms with Crippen molar-refractivity contribution in [1.82, 2.24) is 9.88 Å². The normalized spacial score (nSPS) is 15.0. The van der Waals surface area contributed by atoms with Gasteiger partial charge in [0.15, 0.2) is 11.5 Å². The first-order valence-corrected chi connectivity index (χ1v) is 9.71. The standard InChI is InChI=1S/C21H24F3N3O3/c1-3-30-18-13-15(5-7-17(18)29-2)20(28)27-10-4-9-26(11-12-27)19-8-6-16(14-25-19)21(22,23)24/h5-8,13-14H,3-4,9-12H2,1-2H3. The van der Waals surface area contributed by atoms with Crippen LogP contribution in [-0.2, 0) is 6.18 Å². The third-order valence-corrected chi connectivity index (χ3v) is 4.89. The number of anilines is 1. The molecule has 1 aliphatic heterocycles. The maximum absolute atomic E-state index is 13.0. The van der Waals surface area contributed by atoms with Gasteiger partial charge in [-0.15, -0.1) is 0 Å². The Hall–Kier alpha value is -2.97. The fourth-order valence-electron chi connectivity index (χ4n) is 3.35. The Balaban J connectivity index is 1.69. The zero-order valence-corrected chi connectivity index (χ0v) is 16.9. The summed E-state index contributed by atoms with van der Waals surface area (Å²) < 4.78 is 49.0. The van der Waals surface area contributed by atoms with E-state index in [1.807, 2.05) is 11.8 Å². The van der Waals surface area contributed by atoms with Gasteiger partial charge in [-0.3, -0.25) is 4.79 Å². The SMILES string of the molecule is CCOc1cc(C(=O)N2CCCN(c3ccc(C(F)(F)F)cn3)CC2)ccc1OC. The molecule has 1 fully saturated rings. The minimum atomic E-state index is -4.41. The van der Waals surface area contributed by atoms with Crippen molar-refractivity contribution in [3.05, 3.63) is 47.7 Å². The van der Waals surface area contributed by atoms with Crippen molar-refractivity contribution in [3.8, 4) is 11.5 Å². The Morgan fingerprint density at radius 3 is 2.53 bits per heavy atom. The molecule has 162 valence electrons. The molecule has 0 bridgehead atoms. The smallest absolute Gasteiger partial charge is 0.417 e. The van der Waals surface area contributed by atoms with Gasteiger partial charge < -0.3 is 19.3 Å². The van der Waals surface area contributed by atoms with Gasteiger partial charge in [-0.1, -0.05) is 0 Å². The number of rotatable bonds is 5. The molecule has 9 heteroatoms. The van der Waals surface area contributed by atoms with E-state index in [9.17, 15) is 18.0 Å². The summed E-state index contributed by atoms with van der Waals surface area (Å²) in [4.78, 5) is 20.6. The molecule has 0 spiro atoms. The number of pyridine rings is 1. The van der Waals surface area contributed by atoms with E-state index in [0.29, 0.717) is 62.1 Å². The molecular formula is C21H24F3N3O3. The number of hydrogen-bond acceptors (Lipinski definition) is 5. The van der Waals surface area contributed by atoms with E-state index >= 15 is 0 Å². The van der Waals surface area contributed by atoms with Crippen LogP contribution in [0.3, 0.4) is 0 Å². The topological polar surface area (TPSA) is 54.9 Å². The fourth-order valence-corrected chi connectivity index (χ4v) is 3.35. The van der Waals surface area contributed by atoms with Crippen molar-refractivity contribution >= 4 is 11.7 Å². The lowest BCUT2D eigenvalue weighted by Crippen LogP contribution is -2.35. The lowest BCUT2D eigenvalue weighted by molar-refractivity contribution is -0.137. The molecule has 0 saturated carbocycles. The Labute approximate surface area is 173 Å². The second-order valence-electron chi connectivity index (χ2n) is 6.83. The van der Waals surface area contributed by atoms with Gasteiger partial charge >= 0.3 is 6.18 Å². The van der Waals surface area contributed by atoms with Crippen LogP contribution in [-0.4, -0.2) is 55.7 Å². The van der Waals surface area contributed by atoms with Gasteiger partial charge in [-0.2, -0.15) is 13.2 Å². The molecule has 30 heavy (non-hydrogen) atoms. The molecular weight excluding hydrogens is 399 g/mol. The molecule has 0 N–H and O–H groups in total. The van der Waals surface area contributed by atoms with E-state index in [-0.39, 0.29) is 5.91 Å². The van der Waals surface area contributed by atoms with Crippen LogP contribution >= 0.6 is 0 Å². The molecule has 1 amide bonds. The van der Waals surface area contributed by atoms with Gasteiger partial charge in [0.05, 0.1) is 19.3 Å². The highest BCUT2D eigenvalue weighted by atomic mass is 19.4. The first-order valence-electron chi connectivity index (χ1n) is 9.71. The number of halogens is 3.